The summed E-state index contributed by atoms with van der Waals surface area (Å²) in [4.78, 5) is -1.82. The molecule has 0 radical (unpaired) electrons. The first-order valence-electron chi connectivity index (χ1n) is 3.41. The molecule has 0 unspecified atom stereocenters. The fourth-order valence-corrected chi connectivity index (χ4v) is 1.64. The van der Waals surface area contributed by atoms with Crippen molar-refractivity contribution in [2.24, 2.45) is 11.5 Å². The third kappa shape index (κ3) is 2.57. The van der Waals surface area contributed by atoms with Crippen LogP contribution < -0.4 is 11.5 Å². The van der Waals surface area contributed by atoms with Gasteiger partial charge in [0.25, 0.3) is 0 Å². The minimum absolute atomic E-state index is 0. The van der Waals surface area contributed by atoms with Crippen molar-refractivity contribution in [1.29, 1.82) is 0 Å². The third-order valence-electron chi connectivity index (χ3n) is 2.02. The fourth-order valence-electron chi connectivity index (χ4n) is 1.18. The van der Waals surface area contributed by atoms with Crippen LogP contribution in [0.3, 0.4) is 0 Å². The monoisotopic (exact) mass is 377 g/mol. The molecule has 0 saturated heterocycles. The second-order valence-corrected chi connectivity index (χ2v) is 4.28. The molecule has 68 valence electrons. The first kappa shape index (κ1) is 12.2. The third-order valence-corrected chi connectivity index (χ3v) is 3.17. The average molecular weight is 378 g/mol. The second-order valence-electron chi connectivity index (χ2n) is 2.93. The van der Waals surface area contributed by atoms with E-state index in [9.17, 15) is 0 Å². The fraction of sp³-hybridized carbons (Fsp3) is 1.00. The van der Waals surface area contributed by atoms with Crippen LogP contribution in [0.2, 0.25) is 0 Å². The standard InChI is InChI=1S/C6H12Cl2N2.Pt/c7-5(9)3-1-2-4-6(5,8)10;/h1-4,9-10H2;/q;+2/t5-,6-;/m1./s1. The van der Waals surface area contributed by atoms with Gasteiger partial charge in [-0.25, -0.2) is 0 Å². The van der Waals surface area contributed by atoms with Crippen LogP contribution in [-0.4, -0.2) is 10.00 Å². The molecule has 0 bridgehead atoms. The molecule has 0 aromatic carbocycles. The minimum Gasteiger partial charge on any atom is -0.310 e. The van der Waals surface area contributed by atoms with Crippen molar-refractivity contribution >= 4 is 23.2 Å². The van der Waals surface area contributed by atoms with Crippen LogP contribution in [0.25, 0.3) is 0 Å². The zero-order valence-electron chi connectivity index (χ0n) is 6.06. The molecule has 0 aromatic rings. The quantitative estimate of drug-likeness (QED) is 0.494. The van der Waals surface area contributed by atoms with E-state index in [1.165, 1.54) is 0 Å². The summed E-state index contributed by atoms with van der Waals surface area (Å²) < 4.78 is 0. The van der Waals surface area contributed by atoms with Gasteiger partial charge in [-0.2, -0.15) is 0 Å². The molecule has 1 rings (SSSR count). The zero-order valence-corrected chi connectivity index (χ0v) is 9.84. The molecule has 11 heavy (non-hydrogen) atoms. The molecular formula is C6H12Cl2N2Pt+2. The van der Waals surface area contributed by atoms with Crippen molar-refractivity contribution in [3.8, 4) is 0 Å². The first-order valence-corrected chi connectivity index (χ1v) is 4.17. The largest absolute Gasteiger partial charge is 2.00 e. The zero-order chi connectivity index (χ0) is 7.83. The van der Waals surface area contributed by atoms with Gasteiger partial charge < -0.3 is 11.5 Å². The summed E-state index contributed by atoms with van der Waals surface area (Å²) in [7, 11) is 0. The molecule has 5 heteroatoms. The first-order chi connectivity index (χ1) is 4.46. The number of nitrogens with two attached hydrogens (primary N) is 2. The molecule has 2 atom stereocenters. The topological polar surface area (TPSA) is 52.0 Å². The summed E-state index contributed by atoms with van der Waals surface area (Å²) in [6.07, 6.45) is 3.44. The van der Waals surface area contributed by atoms with E-state index in [-0.39, 0.29) is 21.1 Å². The Morgan fingerprint density at radius 3 is 1.36 bits per heavy atom. The van der Waals surface area contributed by atoms with Gasteiger partial charge in [0.15, 0.2) is 0 Å². The Kier molecular flexibility index (Phi) is 4.36. The van der Waals surface area contributed by atoms with E-state index in [4.69, 9.17) is 34.7 Å². The van der Waals surface area contributed by atoms with Crippen molar-refractivity contribution in [1.82, 2.24) is 0 Å². The van der Waals surface area contributed by atoms with E-state index >= 15 is 0 Å². The number of alkyl halides is 2. The van der Waals surface area contributed by atoms with Crippen molar-refractivity contribution in [3.05, 3.63) is 0 Å². The van der Waals surface area contributed by atoms with E-state index in [2.05, 4.69) is 0 Å². The molecule has 1 aliphatic carbocycles. The van der Waals surface area contributed by atoms with E-state index in [0.29, 0.717) is 12.8 Å². The summed E-state index contributed by atoms with van der Waals surface area (Å²) in [6, 6.07) is 0. The van der Waals surface area contributed by atoms with Crippen LogP contribution in [0, 0.1) is 0 Å². The summed E-state index contributed by atoms with van der Waals surface area (Å²) in [5, 5.41) is 0. The molecule has 0 heterocycles. The second kappa shape index (κ2) is 3.93. The van der Waals surface area contributed by atoms with E-state index in [1.807, 2.05) is 0 Å². The van der Waals surface area contributed by atoms with Crippen LogP contribution in [0.1, 0.15) is 25.7 Å². The van der Waals surface area contributed by atoms with Crippen molar-refractivity contribution in [2.75, 3.05) is 0 Å². The normalized spacial score (nSPS) is 44.7. The Bertz CT molecular complexity index is 123. The van der Waals surface area contributed by atoms with Gasteiger partial charge in [0.05, 0.1) is 0 Å². The van der Waals surface area contributed by atoms with Gasteiger partial charge in [0.1, 0.15) is 10.00 Å². The Labute approximate surface area is 91.2 Å². The molecule has 0 spiro atoms. The maximum atomic E-state index is 5.88. The number of hydrogen-bond acceptors (Lipinski definition) is 2. The van der Waals surface area contributed by atoms with Gasteiger partial charge in [0, 0.05) is 0 Å². The predicted molar refractivity (Wildman–Crippen MR) is 44.0 cm³/mol. The van der Waals surface area contributed by atoms with Gasteiger partial charge in [-0.3, -0.25) is 0 Å². The molecular weight excluding hydrogens is 366 g/mol. The molecule has 0 aliphatic heterocycles. The maximum absolute atomic E-state index is 5.88. The molecule has 4 N–H and O–H groups in total. The van der Waals surface area contributed by atoms with E-state index in [1.54, 1.807) is 0 Å². The Balaban J connectivity index is 0.000001000. The SMILES string of the molecule is N[C@]1(Cl)CCCC[C@]1(N)Cl.[Pt+2]. The van der Waals surface area contributed by atoms with Gasteiger partial charge in [-0.15, -0.1) is 0 Å². The van der Waals surface area contributed by atoms with Crippen molar-refractivity contribution in [3.63, 3.8) is 0 Å². The Morgan fingerprint density at radius 1 is 0.909 bits per heavy atom. The van der Waals surface area contributed by atoms with Gasteiger partial charge >= 0.3 is 21.1 Å². The van der Waals surface area contributed by atoms with E-state index in [0.717, 1.165) is 12.8 Å². The predicted octanol–water partition coefficient (Wildman–Crippen LogP) is 1.35. The molecule has 1 fully saturated rings. The number of rotatable bonds is 0. The number of hydrogen-bond donors (Lipinski definition) is 2. The smallest absolute Gasteiger partial charge is 0.310 e. The van der Waals surface area contributed by atoms with Crippen LogP contribution in [0.4, 0.5) is 0 Å². The minimum atomic E-state index is -0.910. The summed E-state index contributed by atoms with van der Waals surface area (Å²) in [6.45, 7) is 0. The Hall–Kier alpha value is 1.19. The van der Waals surface area contributed by atoms with Gasteiger partial charge in [-0.05, 0) is 12.8 Å². The van der Waals surface area contributed by atoms with Crippen LogP contribution >= 0.6 is 23.2 Å². The van der Waals surface area contributed by atoms with Crippen LogP contribution in [0.5, 0.6) is 0 Å². The summed E-state index contributed by atoms with van der Waals surface area (Å²) in [5.74, 6) is 0. The number of halogens is 2. The molecule has 0 aromatic heterocycles. The van der Waals surface area contributed by atoms with Crippen LogP contribution in [0.15, 0.2) is 0 Å². The van der Waals surface area contributed by atoms with Crippen molar-refractivity contribution < 1.29 is 21.1 Å². The van der Waals surface area contributed by atoms with Gasteiger partial charge in [-0.1, -0.05) is 36.0 Å². The maximum Gasteiger partial charge on any atom is 2.00 e. The molecule has 0 amide bonds. The summed E-state index contributed by atoms with van der Waals surface area (Å²) in [5.41, 5.74) is 11.3. The van der Waals surface area contributed by atoms with Crippen LogP contribution in [-0.2, 0) is 21.1 Å². The average Bonchev–Trinajstić information content (AvgIpc) is 1.77. The molecule has 1 saturated carbocycles. The molecule has 1 aliphatic rings. The van der Waals surface area contributed by atoms with Crippen molar-refractivity contribution in [2.45, 2.75) is 35.7 Å². The van der Waals surface area contributed by atoms with Gasteiger partial charge in [0.2, 0.25) is 0 Å². The summed E-state index contributed by atoms with van der Waals surface area (Å²) >= 11 is 11.8. The Morgan fingerprint density at radius 2 is 1.18 bits per heavy atom. The van der Waals surface area contributed by atoms with E-state index < -0.39 is 10.00 Å². The molecule has 2 nitrogen and oxygen atoms in total.